The zero-order chi connectivity index (χ0) is 13.0. The molecular formula is C13H19BrN2O. The van der Waals surface area contributed by atoms with E-state index in [9.17, 15) is 4.79 Å². The molecule has 1 aromatic carbocycles. The lowest BCUT2D eigenvalue weighted by Gasteiger charge is -2.26. The Labute approximate surface area is 111 Å². The average molecular weight is 299 g/mol. The summed E-state index contributed by atoms with van der Waals surface area (Å²) < 4.78 is 0.787. The Morgan fingerprint density at radius 2 is 2.00 bits per heavy atom. The topological polar surface area (TPSA) is 46.3 Å². The fourth-order valence-corrected chi connectivity index (χ4v) is 2.32. The smallest absolute Gasteiger partial charge is 0.255 e. The molecule has 0 saturated heterocycles. The van der Waals surface area contributed by atoms with Crippen LogP contribution in [-0.2, 0) is 0 Å². The van der Waals surface area contributed by atoms with Crippen LogP contribution in [-0.4, -0.2) is 23.9 Å². The zero-order valence-corrected chi connectivity index (χ0v) is 12.1. The van der Waals surface area contributed by atoms with Gasteiger partial charge in [0, 0.05) is 23.2 Å². The van der Waals surface area contributed by atoms with Crippen LogP contribution >= 0.6 is 15.9 Å². The lowest BCUT2D eigenvalue weighted by atomic mass is 10.1. The maximum atomic E-state index is 12.3. The summed E-state index contributed by atoms with van der Waals surface area (Å²) in [6, 6.07) is 5.57. The molecule has 0 aromatic heterocycles. The molecule has 0 radical (unpaired) electrons. The van der Waals surface area contributed by atoms with Gasteiger partial charge < -0.3 is 10.6 Å². The Morgan fingerprint density at radius 3 is 2.53 bits per heavy atom. The Morgan fingerprint density at radius 1 is 1.41 bits per heavy atom. The van der Waals surface area contributed by atoms with Gasteiger partial charge in [-0.2, -0.15) is 0 Å². The van der Waals surface area contributed by atoms with Gasteiger partial charge in [0.25, 0.3) is 5.91 Å². The number of anilines is 1. The molecule has 0 aliphatic heterocycles. The van der Waals surface area contributed by atoms with Crippen LogP contribution in [0.25, 0.3) is 0 Å². The Balaban J connectivity index is 2.99. The Bertz CT molecular complexity index is 402. The van der Waals surface area contributed by atoms with Gasteiger partial charge in [-0.3, -0.25) is 4.79 Å². The van der Waals surface area contributed by atoms with E-state index in [1.807, 2.05) is 13.1 Å². The number of nitrogens with zero attached hydrogens (tertiary/aromatic N) is 1. The highest BCUT2D eigenvalue weighted by molar-refractivity contribution is 9.10. The van der Waals surface area contributed by atoms with E-state index in [2.05, 4.69) is 29.8 Å². The predicted molar refractivity (Wildman–Crippen MR) is 75.0 cm³/mol. The number of benzene rings is 1. The largest absolute Gasteiger partial charge is 0.399 e. The molecule has 0 aliphatic rings. The van der Waals surface area contributed by atoms with E-state index in [4.69, 9.17) is 5.73 Å². The van der Waals surface area contributed by atoms with E-state index in [0.717, 1.165) is 17.3 Å². The van der Waals surface area contributed by atoms with Gasteiger partial charge in [0.1, 0.15) is 0 Å². The van der Waals surface area contributed by atoms with Gasteiger partial charge in [0.15, 0.2) is 0 Å². The molecule has 1 rings (SSSR count). The summed E-state index contributed by atoms with van der Waals surface area (Å²) >= 11 is 3.39. The van der Waals surface area contributed by atoms with Crippen LogP contribution in [0, 0.1) is 0 Å². The second-order valence-corrected chi connectivity index (χ2v) is 4.98. The highest BCUT2D eigenvalue weighted by Crippen LogP contribution is 2.22. The van der Waals surface area contributed by atoms with Crippen LogP contribution in [0.5, 0.6) is 0 Å². The van der Waals surface area contributed by atoms with Crippen molar-refractivity contribution in [2.45, 2.75) is 32.7 Å². The minimum atomic E-state index is 0.0119. The molecule has 1 amide bonds. The number of rotatable bonds is 4. The number of hydrogen-bond acceptors (Lipinski definition) is 2. The first-order valence-corrected chi connectivity index (χ1v) is 6.62. The zero-order valence-electron chi connectivity index (χ0n) is 10.5. The lowest BCUT2D eigenvalue weighted by molar-refractivity contribution is 0.0723. The molecular weight excluding hydrogens is 280 g/mol. The van der Waals surface area contributed by atoms with Crippen LogP contribution in [0.4, 0.5) is 5.69 Å². The third kappa shape index (κ3) is 3.22. The minimum Gasteiger partial charge on any atom is -0.399 e. The van der Waals surface area contributed by atoms with Crippen molar-refractivity contribution < 1.29 is 4.79 Å². The van der Waals surface area contributed by atoms with Crippen molar-refractivity contribution in [1.29, 1.82) is 0 Å². The summed E-state index contributed by atoms with van der Waals surface area (Å²) in [7, 11) is 1.84. The van der Waals surface area contributed by atoms with Crippen LogP contribution < -0.4 is 5.73 Å². The average Bonchev–Trinajstić information content (AvgIpc) is 2.32. The molecule has 94 valence electrons. The van der Waals surface area contributed by atoms with E-state index in [1.165, 1.54) is 0 Å². The summed E-state index contributed by atoms with van der Waals surface area (Å²) in [6.45, 7) is 4.18. The first-order valence-electron chi connectivity index (χ1n) is 5.83. The normalized spacial score (nSPS) is 10.6. The predicted octanol–water partition coefficient (Wildman–Crippen LogP) is 3.29. The van der Waals surface area contributed by atoms with Gasteiger partial charge >= 0.3 is 0 Å². The van der Waals surface area contributed by atoms with E-state index in [0.29, 0.717) is 11.3 Å². The van der Waals surface area contributed by atoms with Gasteiger partial charge in [-0.05, 0) is 47.0 Å². The summed E-state index contributed by atoms with van der Waals surface area (Å²) in [5, 5.41) is 0. The monoisotopic (exact) mass is 298 g/mol. The highest BCUT2D eigenvalue weighted by atomic mass is 79.9. The summed E-state index contributed by atoms with van der Waals surface area (Å²) in [4.78, 5) is 14.1. The second kappa shape index (κ2) is 6.05. The SMILES string of the molecule is CCC(CC)N(C)C(=O)c1cc(N)ccc1Br. The van der Waals surface area contributed by atoms with E-state index < -0.39 is 0 Å². The molecule has 0 fully saturated rings. The third-order valence-electron chi connectivity index (χ3n) is 3.03. The minimum absolute atomic E-state index is 0.0119. The molecule has 2 N–H and O–H groups in total. The number of carbonyl (C=O) groups excluding carboxylic acids is 1. The van der Waals surface area contributed by atoms with Gasteiger partial charge in [0.05, 0.1) is 5.56 Å². The number of amides is 1. The molecule has 0 atom stereocenters. The molecule has 0 bridgehead atoms. The first kappa shape index (κ1) is 14.0. The van der Waals surface area contributed by atoms with E-state index in [-0.39, 0.29) is 11.9 Å². The summed E-state index contributed by atoms with van der Waals surface area (Å²) in [5.41, 5.74) is 6.95. The molecule has 0 unspecified atom stereocenters. The number of nitrogens with two attached hydrogens (primary N) is 1. The molecule has 1 aromatic rings. The molecule has 0 heterocycles. The third-order valence-corrected chi connectivity index (χ3v) is 3.72. The van der Waals surface area contributed by atoms with Crippen LogP contribution in [0.15, 0.2) is 22.7 Å². The summed E-state index contributed by atoms with van der Waals surface area (Å²) in [5.74, 6) is 0.0119. The maximum Gasteiger partial charge on any atom is 0.255 e. The quantitative estimate of drug-likeness (QED) is 0.867. The van der Waals surface area contributed by atoms with E-state index >= 15 is 0 Å². The molecule has 0 spiro atoms. The molecule has 3 nitrogen and oxygen atoms in total. The van der Waals surface area contributed by atoms with Crippen LogP contribution in [0.1, 0.15) is 37.0 Å². The highest BCUT2D eigenvalue weighted by Gasteiger charge is 2.20. The standard InChI is InChI=1S/C13H19BrN2O/c1-4-10(5-2)16(3)13(17)11-8-9(15)6-7-12(11)14/h6-8,10H,4-5,15H2,1-3H3. The van der Waals surface area contributed by atoms with Crippen molar-refractivity contribution in [2.75, 3.05) is 12.8 Å². The van der Waals surface area contributed by atoms with Gasteiger partial charge in [-0.25, -0.2) is 0 Å². The summed E-state index contributed by atoms with van der Waals surface area (Å²) in [6.07, 6.45) is 1.91. The van der Waals surface area contributed by atoms with Crippen molar-refractivity contribution in [3.63, 3.8) is 0 Å². The molecule has 17 heavy (non-hydrogen) atoms. The Hall–Kier alpha value is -1.03. The maximum absolute atomic E-state index is 12.3. The van der Waals surface area contributed by atoms with Gasteiger partial charge in [-0.1, -0.05) is 13.8 Å². The molecule has 4 heteroatoms. The van der Waals surface area contributed by atoms with Crippen molar-refractivity contribution in [2.24, 2.45) is 0 Å². The van der Waals surface area contributed by atoms with Crippen molar-refractivity contribution in [3.05, 3.63) is 28.2 Å². The first-order chi connectivity index (χ1) is 8.01. The van der Waals surface area contributed by atoms with Crippen molar-refractivity contribution >= 4 is 27.5 Å². The number of hydrogen-bond donors (Lipinski definition) is 1. The van der Waals surface area contributed by atoms with Crippen LogP contribution in [0.3, 0.4) is 0 Å². The second-order valence-electron chi connectivity index (χ2n) is 4.13. The fourth-order valence-electron chi connectivity index (χ4n) is 1.90. The fraction of sp³-hybridized carbons (Fsp3) is 0.462. The van der Waals surface area contributed by atoms with Crippen LogP contribution in [0.2, 0.25) is 0 Å². The van der Waals surface area contributed by atoms with Crippen molar-refractivity contribution in [3.8, 4) is 0 Å². The number of halogens is 1. The van der Waals surface area contributed by atoms with E-state index in [1.54, 1.807) is 17.0 Å². The lowest BCUT2D eigenvalue weighted by Crippen LogP contribution is -2.36. The van der Waals surface area contributed by atoms with Crippen molar-refractivity contribution in [1.82, 2.24) is 4.90 Å². The molecule has 0 saturated carbocycles. The molecule has 0 aliphatic carbocycles. The van der Waals surface area contributed by atoms with Gasteiger partial charge in [0.2, 0.25) is 0 Å². The number of carbonyl (C=O) groups is 1. The van der Waals surface area contributed by atoms with Gasteiger partial charge in [-0.15, -0.1) is 0 Å². The Kier molecular flexibility index (Phi) is 5.00. The number of nitrogen functional groups attached to an aromatic ring is 1.